The third kappa shape index (κ3) is 3.20. The highest BCUT2D eigenvalue weighted by molar-refractivity contribution is 7.10. The van der Waals surface area contributed by atoms with E-state index >= 15 is 0 Å². The summed E-state index contributed by atoms with van der Waals surface area (Å²) in [6.07, 6.45) is 8.21. The fourth-order valence-corrected chi connectivity index (χ4v) is 5.53. The summed E-state index contributed by atoms with van der Waals surface area (Å²) in [5.41, 5.74) is -0.255. The van der Waals surface area contributed by atoms with Gasteiger partial charge in [-0.25, -0.2) is 4.98 Å². The number of aryl methyl sites for hydroxylation is 1. The molecule has 2 saturated heterocycles. The molecule has 28 heavy (non-hydrogen) atoms. The van der Waals surface area contributed by atoms with Gasteiger partial charge in [0.1, 0.15) is 11.4 Å². The number of piperidine rings is 1. The Labute approximate surface area is 168 Å². The summed E-state index contributed by atoms with van der Waals surface area (Å²) in [6, 6.07) is 2.03. The molecule has 1 amide bonds. The second-order valence-electron chi connectivity index (χ2n) is 7.83. The molecular formula is C20H25N5O2S. The summed E-state index contributed by atoms with van der Waals surface area (Å²) >= 11 is 1.56. The van der Waals surface area contributed by atoms with E-state index in [1.807, 2.05) is 41.1 Å². The Bertz CT molecular complexity index is 903. The van der Waals surface area contributed by atoms with Gasteiger partial charge in [-0.15, -0.1) is 11.3 Å². The lowest BCUT2D eigenvalue weighted by molar-refractivity contribution is -0.0555. The molecule has 0 aliphatic carbocycles. The first kappa shape index (κ1) is 19.0. The van der Waals surface area contributed by atoms with E-state index in [1.165, 1.54) is 0 Å². The number of aliphatic hydroxyl groups is 1. The van der Waals surface area contributed by atoms with Crippen LogP contribution in [-0.4, -0.2) is 50.5 Å². The Morgan fingerprint density at radius 2 is 2.18 bits per heavy atom. The molecule has 3 unspecified atom stereocenters. The van der Waals surface area contributed by atoms with Crippen LogP contribution in [0.4, 0.5) is 0 Å². The Hall–Kier alpha value is -2.32. The molecule has 2 aromatic heterocycles. The number of rotatable bonds is 5. The van der Waals surface area contributed by atoms with Crippen LogP contribution in [0.5, 0.6) is 0 Å². The number of imidazole rings is 1. The standard InChI is InChI=1S/C20H25N5O2S/c1-13(11-23-21-2)17-8-14(12-28-17)18(26)25-15-4-5-16(25)10-20(27,9-15)19-22-6-7-24(19)3/h6-8,11-13,15-16,27H,2,4-5,9-10H2,1,3H3/b23-11+. The van der Waals surface area contributed by atoms with Gasteiger partial charge >= 0.3 is 0 Å². The van der Waals surface area contributed by atoms with E-state index < -0.39 is 5.60 Å². The number of hydrogen-bond acceptors (Lipinski definition) is 6. The van der Waals surface area contributed by atoms with Gasteiger partial charge in [0.15, 0.2) is 0 Å². The summed E-state index contributed by atoms with van der Waals surface area (Å²) in [7, 11) is 1.90. The lowest BCUT2D eigenvalue weighted by Crippen LogP contribution is -2.52. The lowest BCUT2D eigenvalue weighted by Gasteiger charge is -2.43. The maximum Gasteiger partial charge on any atom is 0.255 e. The van der Waals surface area contributed by atoms with Crippen molar-refractivity contribution in [2.24, 2.45) is 17.3 Å². The molecule has 3 atom stereocenters. The second kappa shape index (κ2) is 7.25. The zero-order valence-electron chi connectivity index (χ0n) is 16.2. The molecule has 2 aliphatic heterocycles. The summed E-state index contributed by atoms with van der Waals surface area (Å²) in [5, 5.41) is 20.5. The molecule has 8 heteroatoms. The van der Waals surface area contributed by atoms with Crippen LogP contribution < -0.4 is 0 Å². The van der Waals surface area contributed by atoms with Crippen LogP contribution in [0.25, 0.3) is 0 Å². The minimum absolute atomic E-state index is 0.0419. The van der Waals surface area contributed by atoms with E-state index in [2.05, 4.69) is 21.9 Å². The Kier molecular flexibility index (Phi) is 4.93. The topological polar surface area (TPSA) is 83.1 Å². The van der Waals surface area contributed by atoms with Crippen molar-refractivity contribution < 1.29 is 9.90 Å². The average molecular weight is 400 g/mol. The zero-order valence-corrected chi connectivity index (χ0v) is 17.0. The van der Waals surface area contributed by atoms with Gasteiger partial charge < -0.3 is 14.6 Å². The Balaban J connectivity index is 1.53. The maximum atomic E-state index is 13.2. The predicted octanol–water partition coefficient (Wildman–Crippen LogP) is 2.93. The van der Waals surface area contributed by atoms with Crippen LogP contribution in [0.3, 0.4) is 0 Å². The molecule has 2 bridgehead atoms. The second-order valence-corrected chi connectivity index (χ2v) is 8.77. The van der Waals surface area contributed by atoms with E-state index in [9.17, 15) is 9.90 Å². The van der Waals surface area contributed by atoms with Gasteiger partial charge in [0.2, 0.25) is 0 Å². The predicted molar refractivity (Wildman–Crippen MR) is 110 cm³/mol. The van der Waals surface area contributed by atoms with Crippen LogP contribution in [-0.2, 0) is 12.6 Å². The number of nitrogens with zero attached hydrogens (tertiary/aromatic N) is 5. The number of carbonyl (C=O) groups excluding carboxylic acids is 1. The van der Waals surface area contributed by atoms with Crippen LogP contribution in [0.1, 0.15) is 59.6 Å². The summed E-state index contributed by atoms with van der Waals surface area (Å²) < 4.78 is 1.88. The van der Waals surface area contributed by atoms with Gasteiger partial charge in [-0.3, -0.25) is 4.79 Å². The molecule has 0 aromatic carbocycles. The van der Waals surface area contributed by atoms with E-state index in [0.29, 0.717) is 24.2 Å². The van der Waals surface area contributed by atoms with Crippen molar-refractivity contribution in [1.82, 2.24) is 14.5 Å². The van der Waals surface area contributed by atoms with Crippen LogP contribution in [0.15, 0.2) is 34.0 Å². The first-order valence-electron chi connectivity index (χ1n) is 9.53. The molecule has 7 nitrogen and oxygen atoms in total. The van der Waals surface area contributed by atoms with E-state index in [-0.39, 0.29) is 23.9 Å². The van der Waals surface area contributed by atoms with Crippen LogP contribution in [0.2, 0.25) is 0 Å². The SMILES string of the molecule is C=N/N=C/C(C)c1cc(C(=O)N2C3CCC2CC(O)(c2nccn2C)C3)cs1. The van der Waals surface area contributed by atoms with Crippen molar-refractivity contribution in [3.8, 4) is 0 Å². The van der Waals surface area contributed by atoms with E-state index in [4.69, 9.17) is 0 Å². The summed E-state index contributed by atoms with van der Waals surface area (Å²) in [4.78, 5) is 20.7. The van der Waals surface area contributed by atoms with Crippen molar-refractivity contribution in [2.45, 2.75) is 56.2 Å². The quantitative estimate of drug-likeness (QED) is 0.620. The summed E-state index contributed by atoms with van der Waals surface area (Å²) in [5.74, 6) is 0.838. The molecule has 4 heterocycles. The van der Waals surface area contributed by atoms with Crippen molar-refractivity contribution in [3.63, 3.8) is 0 Å². The van der Waals surface area contributed by atoms with E-state index in [0.717, 1.165) is 17.7 Å². The van der Waals surface area contributed by atoms with Gasteiger partial charge in [-0.2, -0.15) is 10.2 Å². The third-order valence-corrected chi connectivity index (χ3v) is 7.06. The number of amides is 1. The third-order valence-electron chi connectivity index (χ3n) is 5.93. The number of fused-ring (bicyclic) bond motifs is 2. The first-order valence-corrected chi connectivity index (χ1v) is 10.4. The minimum atomic E-state index is -0.969. The van der Waals surface area contributed by atoms with Gasteiger partial charge in [0, 0.05) is 73.5 Å². The fourth-order valence-electron chi connectivity index (χ4n) is 4.63. The highest BCUT2D eigenvalue weighted by Gasteiger charge is 2.51. The number of carbonyl (C=O) groups is 1. The van der Waals surface area contributed by atoms with Crippen molar-refractivity contribution in [2.75, 3.05) is 0 Å². The lowest BCUT2D eigenvalue weighted by atomic mass is 9.85. The molecule has 2 aliphatic rings. The number of hydrogen-bond donors (Lipinski definition) is 1. The van der Waals surface area contributed by atoms with Crippen LogP contribution in [0, 0.1) is 0 Å². The molecular weight excluding hydrogens is 374 g/mol. The van der Waals surface area contributed by atoms with E-state index in [1.54, 1.807) is 23.7 Å². The highest BCUT2D eigenvalue weighted by Crippen LogP contribution is 2.45. The van der Waals surface area contributed by atoms with Crippen molar-refractivity contribution >= 4 is 30.2 Å². The largest absolute Gasteiger partial charge is 0.382 e. The minimum Gasteiger partial charge on any atom is -0.382 e. The van der Waals surface area contributed by atoms with Gasteiger partial charge in [-0.05, 0) is 18.9 Å². The molecule has 0 saturated carbocycles. The normalized spacial score (nSPS) is 28.0. The monoisotopic (exact) mass is 399 g/mol. The Morgan fingerprint density at radius 1 is 1.46 bits per heavy atom. The average Bonchev–Trinajstić information content (AvgIpc) is 3.38. The number of thiophene rings is 1. The van der Waals surface area contributed by atoms with Crippen LogP contribution >= 0.6 is 11.3 Å². The van der Waals surface area contributed by atoms with Gasteiger partial charge in [0.25, 0.3) is 5.91 Å². The highest BCUT2D eigenvalue weighted by atomic mass is 32.1. The maximum absolute atomic E-state index is 13.2. The van der Waals surface area contributed by atoms with Crippen molar-refractivity contribution in [1.29, 1.82) is 0 Å². The summed E-state index contributed by atoms with van der Waals surface area (Å²) in [6.45, 7) is 5.37. The van der Waals surface area contributed by atoms with Gasteiger partial charge in [-0.1, -0.05) is 6.92 Å². The first-order chi connectivity index (χ1) is 13.4. The Morgan fingerprint density at radius 3 is 2.79 bits per heavy atom. The molecule has 0 spiro atoms. The smallest absolute Gasteiger partial charge is 0.255 e. The zero-order chi connectivity index (χ0) is 19.9. The fraction of sp³-hybridized carbons (Fsp3) is 0.500. The van der Waals surface area contributed by atoms with Gasteiger partial charge in [0.05, 0.1) is 5.56 Å². The molecule has 4 rings (SSSR count). The van der Waals surface area contributed by atoms with Crippen molar-refractivity contribution in [3.05, 3.63) is 40.1 Å². The molecule has 0 radical (unpaired) electrons. The number of aromatic nitrogens is 2. The molecule has 2 aromatic rings. The molecule has 2 fully saturated rings. The molecule has 148 valence electrons. The molecule has 1 N–H and O–H groups in total.